The fourth-order valence-electron chi connectivity index (χ4n) is 2.31. The summed E-state index contributed by atoms with van der Waals surface area (Å²) < 4.78 is 16.2. The number of oxazole rings is 1. The van der Waals surface area contributed by atoms with Crippen LogP contribution in [0.25, 0.3) is 0 Å². The lowest BCUT2D eigenvalue weighted by Crippen LogP contribution is -2.33. The molecule has 0 saturated carbocycles. The van der Waals surface area contributed by atoms with Gasteiger partial charge in [-0.2, -0.15) is 0 Å². The van der Waals surface area contributed by atoms with E-state index in [2.05, 4.69) is 36.1 Å². The molecule has 0 atom stereocenters. The van der Waals surface area contributed by atoms with E-state index in [0.29, 0.717) is 36.4 Å². The summed E-state index contributed by atoms with van der Waals surface area (Å²) >= 11 is 0. The Morgan fingerprint density at radius 1 is 1.23 bits per heavy atom. The second-order valence-electron chi connectivity index (χ2n) is 6.94. The van der Waals surface area contributed by atoms with E-state index in [-0.39, 0.29) is 5.41 Å². The van der Waals surface area contributed by atoms with Crippen LogP contribution in [0.5, 0.6) is 11.5 Å². The van der Waals surface area contributed by atoms with Gasteiger partial charge < -0.3 is 24.9 Å². The topological polar surface area (TPSA) is 94.9 Å². The van der Waals surface area contributed by atoms with Crippen LogP contribution < -0.4 is 20.5 Å². The van der Waals surface area contributed by atoms with Crippen molar-refractivity contribution in [2.45, 2.75) is 39.2 Å². The quantitative estimate of drug-likeness (QED) is 0.582. The van der Waals surface area contributed by atoms with Crippen LogP contribution in [0, 0.1) is 0 Å². The van der Waals surface area contributed by atoms with Gasteiger partial charge in [0.05, 0.1) is 20.4 Å². The number of nitrogens with zero attached hydrogens (tertiary/aromatic N) is 2. The first-order chi connectivity index (χ1) is 12.3. The van der Waals surface area contributed by atoms with Crippen molar-refractivity contribution in [3.63, 3.8) is 0 Å². The highest BCUT2D eigenvalue weighted by molar-refractivity contribution is 5.77. The molecule has 0 saturated heterocycles. The van der Waals surface area contributed by atoms with Crippen molar-refractivity contribution in [3.05, 3.63) is 41.6 Å². The van der Waals surface area contributed by atoms with E-state index in [1.54, 1.807) is 20.4 Å². The molecule has 1 aromatic heterocycles. The Kier molecular flexibility index (Phi) is 6.49. The van der Waals surface area contributed by atoms with E-state index in [0.717, 1.165) is 17.7 Å². The van der Waals surface area contributed by atoms with Crippen LogP contribution in [-0.4, -0.2) is 31.7 Å². The largest absolute Gasteiger partial charge is 0.493 e. The summed E-state index contributed by atoms with van der Waals surface area (Å²) in [5.41, 5.74) is 6.95. The molecule has 7 heteroatoms. The average molecular weight is 360 g/mol. The summed E-state index contributed by atoms with van der Waals surface area (Å²) in [5.74, 6) is 3.18. The number of nitrogens with one attached hydrogen (secondary N) is 1. The van der Waals surface area contributed by atoms with Crippen molar-refractivity contribution < 1.29 is 13.9 Å². The lowest BCUT2D eigenvalue weighted by atomic mass is 9.94. The second-order valence-corrected chi connectivity index (χ2v) is 6.94. The van der Waals surface area contributed by atoms with Crippen molar-refractivity contribution in [3.8, 4) is 11.5 Å². The van der Waals surface area contributed by atoms with Gasteiger partial charge in [-0.25, -0.2) is 9.98 Å². The molecule has 3 N–H and O–H groups in total. The SMILES string of the molecule is COc1ccc(CCNC(N)=NCc2ncc(C(C)(C)C)o2)cc1OC. The number of aromatic nitrogens is 1. The van der Waals surface area contributed by atoms with Gasteiger partial charge in [-0.05, 0) is 24.1 Å². The maximum atomic E-state index is 5.90. The maximum Gasteiger partial charge on any atom is 0.216 e. The molecule has 2 rings (SSSR count). The van der Waals surface area contributed by atoms with Crippen LogP contribution in [-0.2, 0) is 18.4 Å². The molecule has 0 fully saturated rings. The second kappa shape index (κ2) is 8.60. The Morgan fingerprint density at radius 3 is 2.58 bits per heavy atom. The molecular formula is C19H28N4O3. The number of ether oxygens (including phenoxy) is 2. The van der Waals surface area contributed by atoms with Gasteiger partial charge in [-0.1, -0.05) is 26.8 Å². The summed E-state index contributed by atoms with van der Waals surface area (Å²) in [7, 11) is 3.24. The van der Waals surface area contributed by atoms with E-state index < -0.39 is 0 Å². The fraction of sp³-hybridized carbons (Fsp3) is 0.474. The summed E-state index contributed by atoms with van der Waals surface area (Å²) in [6.07, 6.45) is 2.52. The predicted octanol–water partition coefficient (Wildman–Crippen LogP) is 2.64. The third kappa shape index (κ3) is 5.40. The molecule has 0 aliphatic heterocycles. The van der Waals surface area contributed by atoms with Crippen LogP contribution in [0.4, 0.5) is 0 Å². The van der Waals surface area contributed by atoms with Crippen LogP contribution >= 0.6 is 0 Å². The number of hydrogen-bond acceptors (Lipinski definition) is 5. The number of guanidine groups is 1. The number of nitrogens with two attached hydrogens (primary N) is 1. The van der Waals surface area contributed by atoms with Crippen molar-refractivity contribution in [1.29, 1.82) is 0 Å². The van der Waals surface area contributed by atoms with Crippen LogP contribution in [0.1, 0.15) is 38.0 Å². The molecule has 1 aromatic carbocycles. The lowest BCUT2D eigenvalue weighted by Gasteiger charge is -2.12. The van der Waals surface area contributed by atoms with E-state index in [4.69, 9.17) is 19.6 Å². The van der Waals surface area contributed by atoms with Crippen LogP contribution in [0.2, 0.25) is 0 Å². The maximum absolute atomic E-state index is 5.90. The number of aliphatic imine (C=N–C) groups is 1. The highest BCUT2D eigenvalue weighted by atomic mass is 16.5. The first-order valence-electron chi connectivity index (χ1n) is 8.53. The van der Waals surface area contributed by atoms with Crippen LogP contribution in [0.3, 0.4) is 0 Å². The third-order valence-electron chi connectivity index (χ3n) is 3.85. The Hall–Kier alpha value is -2.70. The molecule has 0 radical (unpaired) electrons. The highest BCUT2D eigenvalue weighted by Gasteiger charge is 2.18. The van der Waals surface area contributed by atoms with Gasteiger partial charge in [0.25, 0.3) is 0 Å². The predicted molar refractivity (Wildman–Crippen MR) is 102 cm³/mol. The summed E-state index contributed by atoms with van der Waals surface area (Å²) in [6.45, 7) is 7.19. The van der Waals surface area contributed by atoms with E-state index >= 15 is 0 Å². The number of benzene rings is 1. The molecule has 26 heavy (non-hydrogen) atoms. The zero-order valence-corrected chi connectivity index (χ0v) is 16.1. The van der Waals surface area contributed by atoms with Gasteiger partial charge >= 0.3 is 0 Å². The first-order valence-corrected chi connectivity index (χ1v) is 8.53. The van der Waals surface area contributed by atoms with Crippen LogP contribution in [0.15, 0.2) is 33.8 Å². The molecule has 0 unspecified atom stereocenters. The van der Waals surface area contributed by atoms with Crippen molar-refractivity contribution in [1.82, 2.24) is 10.3 Å². The Balaban J connectivity index is 1.84. The van der Waals surface area contributed by atoms with Gasteiger partial charge in [-0.15, -0.1) is 0 Å². The molecule has 0 aliphatic carbocycles. The first kappa shape index (κ1) is 19.6. The minimum absolute atomic E-state index is 0.0712. The molecular weight excluding hydrogens is 332 g/mol. The molecule has 0 spiro atoms. The van der Waals surface area contributed by atoms with Crippen molar-refractivity contribution >= 4 is 5.96 Å². The van der Waals surface area contributed by atoms with E-state index in [1.165, 1.54) is 0 Å². The van der Waals surface area contributed by atoms with Gasteiger partial charge in [0, 0.05) is 12.0 Å². The zero-order chi connectivity index (χ0) is 19.2. The van der Waals surface area contributed by atoms with Gasteiger partial charge in [0.1, 0.15) is 12.3 Å². The standard InChI is InChI=1S/C19H28N4O3/c1-19(2,3)16-11-22-17(26-16)12-23-18(20)21-9-8-13-6-7-14(24-4)15(10-13)25-5/h6-7,10-11H,8-9,12H2,1-5H3,(H3,20,21,23). The van der Waals surface area contributed by atoms with Gasteiger partial charge in [0.2, 0.25) is 5.89 Å². The normalized spacial score (nSPS) is 12.1. The highest BCUT2D eigenvalue weighted by Crippen LogP contribution is 2.27. The molecule has 1 heterocycles. The number of methoxy groups -OCH3 is 2. The van der Waals surface area contributed by atoms with Crippen molar-refractivity contribution in [2.24, 2.45) is 10.7 Å². The monoisotopic (exact) mass is 360 g/mol. The summed E-state index contributed by atoms with van der Waals surface area (Å²) in [5, 5.41) is 3.09. The Morgan fingerprint density at radius 2 is 1.96 bits per heavy atom. The fourth-order valence-corrected chi connectivity index (χ4v) is 2.31. The molecule has 2 aromatic rings. The van der Waals surface area contributed by atoms with E-state index in [9.17, 15) is 0 Å². The van der Waals surface area contributed by atoms with Gasteiger partial charge in [0.15, 0.2) is 17.5 Å². The number of hydrogen-bond donors (Lipinski definition) is 2. The Labute approximate surface area is 154 Å². The molecule has 142 valence electrons. The van der Waals surface area contributed by atoms with E-state index in [1.807, 2.05) is 18.2 Å². The summed E-state index contributed by atoms with van der Waals surface area (Å²) in [4.78, 5) is 8.50. The minimum Gasteiger partial charge on any atom is -0.493 e. The number of rotatable bonds is 7. The molecule has 0 amide bonds. The third-order valence-corrected chi connectivity index (χ3v) is 3.85. The average Bonchev–Trinajstić information content (AvgIpc) is 3.09. The molecule has 7 nitrogen and oxygen atoms in total. The van der Waals surface area contributed by atoms with Crippen molar-refractivity contribution in [2.75, 3.05) is 20.8 Å². The zero-order valence-electron chi connectivity index (χ0n) is 16.1. The smallest absolute Gasteiger partial charge is 0.216 e. The Bertz CT molecular complexity index is 747. The lowest BCUT2D eigenvalue weighted by molar-refractivity contribution is 0.354. The minimum atomic E-state index is -0.0712. The molecule has 0 bridgehead atoms. The molecule has 0 aliphatic rings. The summed E-state index contributed by atoms with van der Waals surface area (Å²) in [6, 6.07) is 5.84. The van der Waals surface area contributed by atoms with Gasteiger partial charge in [-0.3, -0.25) is 0 Å².